The van der Waals surface area contributed by atoms with Gasteiger partial charge in [-0.1, -0.05) is 20.8 Å². The summed E-state index contributed by atoms with van der Waals surface area (Å²) in [6.45, 7) is 14.6. The first-order valence-electron chi connectivity index (χ1n) is 8.06. The molecule has 2 rings (SSSR count). The predicted octanol–water partition coefficient (Wildman–Crippen LogP) is 3.15. The largest absolute Gasteiger partial charge is 0.341 e. The summed E-state index contributed by atoms with van der Waals surface area (Å²) in [6, 6.07) is 0. The van der Waals surface area contributed by atoms with E-state index in [0.29, 0.717) is 5.91 Å². The molecule has 2 heterocycles. The third kappa shape index (κ3) is 3.95. The number of amides is 1. The zero-order valence-corrected chi connectivity index (χ0v) is 13.5. The number of nitrogens with zero attached hydrogens (tertiary/aromatic N) is 2. The highest BCUT2D eigenvalue weighted by Gasteiger charge is 2.39. The van der Waals surface area contributed by atoms with E-state index in [2.05, 4.69) is 30.6 Å². The van der Waals surface area contributed by atoms with Gasteiger partial charge in [0.05, 0.1) is 5.54 Å². The summed E-state index contributed by atoms with van der Waals surface area (Å²) in [5, 5.41) is 0. The van der Waals surface area contributed by atoms with Crippen molar-refractivity contribution in [1.29, 1.82) is 0 Å². The Bertz CT molecular complexity index is 274. The molecule has 0 aromatic rings. The molecule has 3 heteroatoms. The van der Waals surface area contributed by atoms with Crippen LogP contribution < -0.4 is 0 Å². The third-order valence-electron chi connectivity index (χ3n) is 4.49. The average Bonchev–Trinajstić information content (AvgIpc) is 2.94. The van der Waals surface area contributed by atoms with Gasteiger partial charge < -0.3 is 4.90 Å². The van der Waals surface area contributed by atoms with Gasteiger partial charge in [-0.3, -0.25) is 9.69 Å². The molecule has 0 N–H and O–H groups in total. The van der Waals surface area contributed by atoms with Crippen LogP contribution in [0.1, 0.15) is 60.3 Å². The molecule has 0 radical (unpaired) electrons. The van der Waals surface area contributed by atoms with E-state index in [9.17, 15) is 4.79 Å². The van der Waals surface area contributed by atoms with Crippen molar-refractivity contribution in [3.05, 3.63) is 0 Å². The Balaban J connectivity index is 0.000000861. The zero-order chi connectivity index (χ0) is 14.5. The Labute approximate surface area is 119 Å². The molecule has 0 saturated carbocycles. The number of rotatable bonds is 2. The van der Waals surface area contributed by atoms with Gasteiger partial charge in [0.15, 0.2) is 0 Å². The van der Waals surface area contributed by atoms with Crippen molar-refractivity contribution in [2.45, 2.75) is 65.8 Å². The summed E-state index contributed by atoms with van der Waals surface area (Å²) in [6.07, 6.45) is 4.82. The molecule has 0 atom stereocenters. The van der Waals surface area contributed by atoms with E-state index in [1.54, 1.807) is 0 Å². The zero-order valence-electron chi connectivity index (χ0n) is 13.5. The second-order valence-electron chi connectivity index (χ2n) is 6.23. The van der Waals surface area contributed by atoms with Crippen LogP contribution in [0.3, 0.4) is 0 Å². The first-order chi connectivity index (χ1) is 9.01. The first kappa shape index (κ1) is 16.5. The normalized spacial score (nSPS) is 22.1. The van der Waals surface area contributed by atoms with Crippen molar-refractivity contribution in [2.24, 2.45) is 5.92 Å². The molecule has 2 aliphatic heterocycles. The molecule has 3 nitrogen and oxygen atoms in total. The van der Waals surface area contributed by atoms with Crippen LogP contribution in [0.4, 0.5) is 0 Å². The van der Waals surface area contributed by atoms with Crippen molar-refractivity contribution >= 4 is 5.91 Å². The summed E-state index contributed by atoms with van der Waals surface area (Å²) in [7, 11) is 0. The fourth-order valence-corrected chi connectivity index (χ4v) is 3.01. The molecule has 2 fully saturated rings. The molecular weight excluding hydrogens is 236 g/mol. The molecule has 0 unspecified atom stereocenters. The highest BCUT2D eigenvalue weighted by molar-refractivity contribution is 5.85. The summed E-state index contributed by atoms with van der Waals surface area (Å²) in [4.78, 5) is 17.0. The van der Waals surface area contributed by atoms with Crippen molar-refractivity contribution in [1.82, 2.24) is 9.80 Å². The van der Waals surface area contributed by atoms with E-state index in [-0.39, 0.29) is 5.54 Å². The highest BCUT2D eigenvalue weighted by atomic mass is 16.2. The molecule has 1 amide bonds. The van der Waals surface area contributed by atoms with Gasteiger partial charge in [-0.2, -0.15) is 0 Å². The topological polar surface area (TPSA) is 23.6 Å². The monoisotopic (exact) mass is 268 g/mol. The van der Waals surface area contributed by atoms with E-state index in [1.807, 2.05) is 13.8 Å². The first-order valence-corrected chi connectivity index (χ1v) is 8.06. The van der Waals surface area contributed by atoms with Gasteiger partial charge in [0, 0.05) is 13.1 Å². The van der Waals surface area contributed by atoms with Crippen LogP contribution in [0.2, 0.25) is 0 Å². The number of hydrogen-bond donors (Lipinski definition) is 0. The van der Waals surface area contributed by atoms with Crippen molar-refractivity contribution in [2.75, 3.05) is 26.2 Å². The number of likely N-dealkylation sites (tertiary alicyclic amines) is 2. The predicted molar refractivity (Wildman–Crippen MR) is 81.2 cm³/mol. The Hall–Kier alpha value is -0.570. The lowest BCUT2D eigenvalue weighted by molar-refractivity contribution is -0.142. The molecule has 112 valence electrons. The fraction of sp³-hybridized carbons (Fsp3) is 0.938. The Morgan fingerprint density at radius 1 is 1.00 bits per heavy atom. The number of hydrogen-bond acceptors (Lipinski definition) is 2. The van der Waals surface area contributed by atoms with Crippen LogP contribution in [0, 0.1) is 5.92 Å². The lowest BCUT2D eigenvalue weighted by atomic mass is 9.92. The van der Waals surface area contributed by atoms with Crippen LogP contribution >= 0.6 is 0 Å². The number of carbonyl (C=O) groups is 1. The van der Waals surface area contributed by atoms with Gasteiger partial charge in [-0.25, -0.2) is 0 Å². The fourth-order valence-electron chi connectivity index (χ4n) is 3.01. The van der Waals surface area contributed by atoms with Crippen molar-refractivity contribution < 1.29 is 4.79 Å². The van der Waals surface area contributed by atoms with E-state index >= 15 is 0 Å². The second-order valence-corrected chi connectivity index (χ2v) is 6.23. The molecule has 2 saturated heterocycles. The SMILES string of the molecule is CC.CC1CCN(C(C)(C)C(=O)N2CCCC2)CC1. The summed E-state index contributed by atoms with van der Waals surface area (Å²) >= 11 is 0. The summed E-state index contributed by atoms with van der Waals surface area (Å²) in [5.74, 6) is 1.16. The Morgan fingerprint density at radius 2 is 1.47 bits per heavy atom. The highest BCUT2D eigenvalue weighted by Crippen LogP contribution is 2.26. The van der Waals surface area contributed by atoms with Gasteiger partial charge in [0.1, 0.15) is 0 Å². The Morgan fingerprint density at radius 3 is 1.95 bits per heavy atom. The van der Waals surface area contributed by atoms with Crippen LogP contribution in [0.25, 0.3) is 0 Å². The maximum absolute atomic E-state index is 12.5. The average molecular weight is 268 g/mol. The van der Waals surface area contributed by atoms with Gasteiger partial charge in [-0.15, -0.1) is 0 Å². The lowest BCUT2D eigenvalue weighted by Crippen LogP contribution is -2.57. The second kappa shape index (κ2) is 7.28. The third-order valence-corrected chi connectivity index (χ3v) is 4.49. The lowest BCUT2D eigenvalue weighted by Gasteiger charge is -2.42. The summed E-state index contributed by atoms with van der Waals surface area (Å²) < 4.78 is 0. The van der Waals surface area contributed by atoms with E-state index in [4.69, 9.17) is 0 Å². The maximum Gasteiger partial charge on any atom is 0.242 e. The summed E-state index contributed by atoms with van der Waals surface area (Å²) in [5.41, 5.74) is -0.301. The number of piperidine rings is 1. The van der Waals surface area contributed by atoms with E-state index in [0.717, 1.165) is 32.1 Å². The van der Waals surface area contributed by atoms with Crippen molar-refractivity contribution in [3.8, 4) is 0 Å². The molecule has 0 spiro atoms. The molecule has 19 heavy (non-hydrogen) atoms. The number of carbonyl (C=O) groups excluding carboxylic acids is 1. The molecule has 2 aliphatic rings. The van der Waals surface area contributed by atoms with Gasteiger partial charge in [0.2, 0.25) is 5.91 Å². The minimum atomic E-state index is -0.301. The molecule has 0 aliphatic carbocycles. The minimum Gasteiger partial charge on any atom is -0.341 e. The minimum absolute atomic E-state index is 0.301. The van der Waals surface area contributed by atoms with Crippen LogP contribution in [-0.2, 0) is 4.79 Å². The van der Waals surface area contributed by atoms with Crippen LogP contribution in [-0.4, -0.2) is 47.4 Å². The van der Waals surface area contributed by atoms with Gasteiger partial charge >= 0.3 is 0 Å². The molecule has 0 aromatic carbocycles. The van der Waals surface area contributed by atoms with Gasteiger partial charge in [0.25, 0.3) is 0 Å². The van der Waals surface area contributed by atoms with Crippen molar-refractivity contribution in [3.63, 3.8) is 0 Å². The van der Waals surface area contributed by atoms with Crippen LogP contribution in [0.15, 0.2) is 0 Å². The van der Waals surface area contributed by atoms with Gasteiger partial charge in [-0.05, 0) is 58.5 Å². The molecule has 0 bridgehead atoms. The van der Waals surface area contributed by atoms with E-state index in [1.165, 1.54) is 25.7 Å². The Kier molecular flexibility index (Phi) is 6.31. The smallest absolute Gasteiger partial charge is 0.242 e. The molecule has 0 aromatic heterocycles. The molecular formula is C16H32N2O. The standard InChI is InChI=1S/C14H26N2O.C2H6/c1-12-6-10-16(11-7-12)14(2,3)13(17)15-8-4-5-9-15;1-2/h12H,4-11H2,1-3H3;1-2H3. The van der Waals surface area contributed by atoms with Crippen LogP contribution in [0.5, 0.6) is 0 Å². The quantitative estimate of drug-likeness (QED) is 0.768. The maximum atomic E-state index is 12.5. The van der Waals surface area contributed by atoms with E-state index < -0.39 is 0 Å².